The molecule has 0 aliphatic carbocycles. The molecule has 0 spiro atoms. The Morgan fingerprint density at radius 1 is 1.13 bits per heavy atom. The lowest BCUT2D eigenvalue weighted by Crippen LogP contribution is -2.36. The number of carbonyl (C=O) groups excluding carboxylic acids is 1. The zero-order valence-corrected chi connectivity index (χ0v) is 14.2. The number of rotatable bonds is 5. The Morgan fingerprint density at radius 2 is 1.87 bits per heavy atom. The standard InChI is InChI=1S/C18H21N3OS/c1-19-17-11-12-21(18(17)22)14-9-7-13(8-10-14)15-5-3-4-6-16(15)20-23-2/h3-10,17,19-20H,11-12H2,1-2H3. The summed E-state index contributed by atoms with van der Waals surface area (Å²) in [6, 6.07) is 16.4. The third-order valence-electron chi connectivity index (χ3n) is 4.18. The molecule has 23 heavy (non-hydrogen) atoms. The van der Waals surface area contributed by atoms with Crippen molar-refractivity contribution in [3.8, 4) is 11.1 Å². The molecule has 1 amide bonds. The van der Waals surface area contributed by atoms with Crippen LogP contribution in [0.4, 0.5) is 11.4 Å². The number of likely N-dealkylation sites (N-methyl/N-ethyl adjacent to an activating group) is 1. The summed E-state index contributed by atoms with van der Waals surface area (Å²) in [7, 11) is 1.84. The Kier molecular flexibility index (Phi) is 4.88. The van der Waals surface area contributed by atoms with Crippen molar-refractivity contribution in [3.63, 3.8) is 0 Å². The van der Waals surface area contributed by atoms with Crippen LogP contribution < -0.4 is 14.9 Å². The third kappa shape index (κ3) is 3.21. The summed E-state index contributed by atoms with van der Waals surface area (Å²) in [6.45, 7) is 0.772. The molecule has 0 saturated carbocycles. The summed E-state index contributed by atoms with van der Waals surface area (Å²) in [5.41, 5.74) is 4.36. The minimum absolute atomic E-state index is 0.0545. The van der Waals surface area contributed by atoms with Gasteiger partial charge in [-0.05, 0) is 37.2 Å². The Bertz CT molecular complexity index is 687. The van der Waals surface area contributed by atoms with Crippen molar-refractivity contribution in [3.05, 3.63) is 48.5 Å². The smallest absolute Gasteiger partial charge is 0.244 e. The maximum atomic E-state index is 12.3. The Morgan fingerprint density at radius 3 is 2.52 bits per heavy atom. The van der Waals surface area contributed by atoms with Crippen molar-refractivity contribution in [2.24, 2.45) is 0 Å². The molecule has 0 radical (unpaired) electrons. The highest BCUT2D eigenvalue weighted by Crippen LogP contribution is 2.31. The van der Waals surface area contributed by atoms with E-state index in [0.29, 0.717) is 0 Å². The fraction of sp³-hybridized carbons (Fsp3) is 0.278. The van der Waals surface area contributed by atoms with Crippen LogP contribution in [0, 0.1) is 0 Å². The van der Waals surface area contributed by atoms with E-state index in [4.69, 9.17) is 0 Å². The van der Waals surface area contributed by atoms with Gasteiger partial charge < -0.3 is 14.9 Å². The van der Waals surface area contributed by atoms with E-state index < -0.39 is 0 Å². The van der Waals surface area contributed by atoms with Crippen molar-refractivity contribution in [2.45, 2.75) is 12.5 Å². The van der Waals surface area contributed by atoms with Gasteiger partial charge in [0.2, 0.25) is 5.91 Å². The number of anilines is 2. The van der Waals surface area contributed by atoms with E-state index in [1.165, 1.54) is 0 Å². The number of para-hydroxylation sites is 1. The van der Waals surface area contributed by atoms with Gasteiger partial charge in [-0.2, -0.15) is 0 Å². The number of nitrogens with zero attached hydrogens (tertiary/aromatic N) is 1. The molecule has 120 valence electrons. The highest BCUT2D eigenvalue weighted by atomic mass is 32.2. The molecule has 0 aromatic heterocycles. The number of carbonyl (C=O) groups is 1. The van der Waals surface area contributed by atoms with Crippen molar-refractivity contribution < 1.29 is 4.79 Å². The lowest BCUT2D eigenvalue weighted by atomic mass is 10.0. The molecule has 2 aromatic carbocycles. The summed E-state index contributed by atoms with van der Waals surface area (Å²) >= 11 is 1.58. The third-order valence-corrected chi connectivity index (χ3v) is 4.61. The SMILES string of the molecule is CNC1CCN(c2ccc(-c3ccccc3NSC)cc2)C1=O. The molecule has 1 fully saturated rings. The minimum atomic E-state index is -0.0545. The molecule has 1 aliphatic heterocycles. The molecule has 0 bridgehead atoms. The molecule has 1 atom stereocenters. The average Bonchev–Trinajstić information content (AvgIpc) is 2.97. The highest BCUT2D eigenvalue weighted by Gasteiger charge is 2.31. The van der Waals surface area contributed by atoms with E-state index >= 15 is 0 Å². The Labute approximate surface area is 141 Å². The molecular formula is C18H21N3OS. The Hall–Kier alpha value is -1.98. The first-order valence-electron chi connectivity index (χ1n) is 7.71. The molecule has 1 unspecified atom stereocenters. The van der Waals surface area contributed by atoms with Gasteiger partial charge in [0.05, 0.1) is 11.7 Å². The van der Waals surface area contributed by atoms with Gasteiger partial charge in [-0.15, -0.1) is 0 Å². The first-order valence-corrected chi connectivity index (χ1v) is 8.94. The highest BCUT2D eigenvalue weighted by molar-refractivity contribution is 7.99. The lowest BCUT2D eigenvalue weighted by molar-refractivity contribution is -0.118. The number of nitrogens with one attached hydrogen (secondary N) is 2. The normalized spacial score (nSPS) is 17.6. The molecule has 2 N–H and O–H groups in total. The second-order valence-corrected chi connectivity index (χ2v) is 6.13. The predicted molar refractivity (Wildman–Crippen MR) is 98.8 cm³/mol. The number of amides is 1. The fourth-order valence-electron chi connectivity index (χ4n) is 2.96. The van der Waals surface area contributed by atoms with Gasteiger partial charge in [0.25, 0.3) is 0 Å². The fourth-order valence-corrected chi connectivity index (χ4v) is 3.36. The van der Waals surface area contributed by atoms with E-state index in [1.54, 1.807) is 11.9 Å². The Balaban J connectivity index is 1.85. The van der Waals surface area contributed by atoms with Gasteiger partial charge in [-0.25, -0.2) is 0 Å². The minimum Gasteiger partial charge on any atom is -0.329 e. The zero-order chi connectivity index (χ0) is 16.2. The summed E-state index contributed by atoms with van der Waals surface area (Å²) in [4.78, 5) is 14.1. The summed E-state index contributed by atoms with van der Waals surface area (Å²) in [6.07, 6.45) is 2.87. The average molecular weight is 327 g/mol. The van der Waals surface area contributed by atoms with Crippen molar-refractivity contribution in [1.82, 2.24) is 5.32 Å². The molecular weight excluding hydrogens is 306 g/mol. The molecule has 1 heterocycles. The van der Waals surface area contributed by atoms with Gasteiger partial charge in [0.15, 0.2) is 0 Å². The van der Waals surface area contributed by atoms with Crippen LogP contribution in [0.1, 0.15) is 6.42 Å². The zero-order valence-electron chi connectivity index (χ0n) is 13.4. The topological polar surface area (TPSA) is 44.4 Å². The second-order valence-electron chi connectivity index (χ2n) is 5.52. The van der Waals surface area contributed by atoms with E-state index in [9.17, 15) is 4.79 Å². The van der Waals surface area contributed by atoms with Crippen LogP contribution in [-0.2, 0) is 4.79 Å². The van der Waals surface area contributed by atoms with E-state index in [0.717, 1.165) is 35.5 Å². The van der Waals surface area contributed by atoms with Gasteiger partial charge >= 0.3 is 0 Å². The van der Waals surface area contributed by atoms with Crippen LogP contribution in [0.3, 0.4) is 0 Å². The van der Waals surface area contributed by atoms with Crippen molar-refractivity contribution in [2.75, 3.05) is 29.5 Å². The largest absolute Gasteiger partial charge is 0.329 e. The second kappa shape index (κ2) is 7.06. The molecule has 1 aliphatic rings. The molecule has 5 heteroatoms. The quantitative estimate of drug-likeness (QED) is 0.827. The molecule has 1 saturated heterocycles. The lowest BCUT2D eigenvalue weighted by Gasteiger charge is -2.17. The van der Waals surface area contributed by atoms with Crippen LogP contribution in [0.15, 0.2) is 48.5 Å². The molecule has 4 nitrogen and oxygen atoms in total. The maximum absolute atomic E-state index is 12.3. The summed E-state index contributed by atoms with van der Waals surface area (Å²) in [5, 5.41) is 3.07. The predicted octanol–water partition coefficient (Wildman–Crippen LogP) is 3.37. The summed E-state index contributed by atoms with van der Waals surface area (Å²) < 4.78 is 3.31. The first kappa shape index (κ1) is 15.9. The molecule has 2 aromatic rings. The van der Waals surface area contributed by atoms with Gasteiger partial charge in [0, 0.05) is 24.1 Å². The van der Waals surface area contributed by atoms with Gasteiger partial charge in [-0.1, -0.05) is 42.3 Å². The van der Waals surface area contributed by atoms with Gasteiger partial charge in [-0.3, -0.25) is 4.79 Å². The van der Waals surface area contributed by atoms with E-state index in [1.807, 2.05) is 42.5 Å². The van der Waals surface area contributed by atoms with Crippen LogP contribution >= 0.6 is 11.9 Å². The number of hydrogen-bond donors (Lipinski definition) is 2. The van der Waals surface area contributed by atoms with Crippen LogP contribution in [-0.4, -0.2) is 31.8 Å². The molecule has 3 rings (SSSR count). The van der Waals surface area contributed by atoms with Crippen LogP contribution in [0.25, 0.3) is 11.1 Å². The van der Waals surface area contributed by atoms with Crippen LogP contribution in [0.2, 0.25) is 0 Å². The van der Waals surface area contributed by atoms with E-state index in [-0.39, 0.29) is 11.9 Å². The first-order chi connectivity index (χ1) is 11.2. The van der Waals surface area contributed by atoms with Crippen molar-refractivity contribution >= 4 is 29.2 Å². The number of hydrogen-bond acceptors (Lipinski definition) is 4. The van der Waals surface area contributed by atoms with E-state index in [2.05, 4.69) is 34.3 Å². The van der Waals surface area contributed by atoms with Crippen LogP contribution in [0.5, 0.6) is 0 Å². The number of benzene rings is 2. The maximum Gasteiger partial charge on any atom is 0.244 e. The monoisotopic (exact) mass is 327 g/mol. The summed E-state index contributed by atoms with van der Waals surface area (Å²) in [5.74, 6) is 0.157. The van der Waals surface area contributed by atoms with Crippen molar-refractivity contribution in [1.29, 1.82) is 0 Å². The van der Waals surface area contributed by atoms with Gasteiger partial charge in [0.1, 0.15) is 0 Å².